The fourth-order valence-electron chi connectivity index (χ4n) is 0.622. The summed E-state index contributed by atoms with van der Waals surface area (Å²) in [6.07, 6.45) is 4.64. The highest BCUT2D eigenvalue weighted by molar-refractivity contribution is 9.50. The Bertz CT molecular complexity index is 46.3. The monoisotopic (exact) mass is 212 g/mol. The SMILES string of the molecule is OCCCCCCSBr. The maximum Gasteiger partial charge on any atom is 0.0431 e. The van der Waals surface area contributed by atoms with Gasteiger partial charge in [0.25, 0.3) is 0 Å². The Morgan fingerprint density at radius 3 is 2.33 bits per heavy atom. The topological polar surface area (TPSA) is 20.2 Å². The van der Waals surface area contributed by atoms with Crippen LogP contribution < -0.4 is 0 Å². The number of rotatable bonds is 6. The molecule has 0 aromatic heterocycles. The highest BCUT2D eigenvalue weighted by Gasteiger charge is 1.87. The lowest BCUT2D eigenvalue weighted by Gasteiger charge is -1.94. The zero-order valence-electron chi connectivity index (χ0n) is 5.48. The first-order valence-electron chi connectivity index (χ1n) is 3.26. The summed E-state index contributed by atoms with van der Waals surface area (Å²) in [6.45, 7) is 0.349. The molecule has 0 spiro atoms. The number of aliphatic hydroxyl groups is 1. The summed E-state index contributed by atoms with van der Waals surface area (Å²) >= 11 is 3.29. The Kier molecular flexibility index (Phi) is 9.56. The molecule has 0 heterocycles. The third-order valence-electron chi connectivity index (χ3n) is 1.13. The number of hydrogen-bond donors (Lipinski definition) is 1. The average Bonchev–Trinajstić information content (AvgIpc) is 1.89. The second-order valence-corrected chi connectivity index (χ2v) is 3.95. The van der Waals surface area contributed by atoms with Crippen molar-refractivity contribution in [2.45, 2.75) is 25.7 Å². The van der Waals surface area contributed by atoms with Gasteiger partial charge in [0.05, 0.1) is 0 Å². The first-order valence-corrected chi connectivity index (χ1v) is 6.09. The summed E-state index contributed by atoms with van der Waals surface area (Å²) in [5.74, 6) is 1.19. The highest BCUT2D eigenvalue weighted by Crippen LogP contribution is 2.13. The van der Waals surface area contributed by atoms with Gasteiger partial charge in [-0.3, -0.25) is 0 Å². The van der Waals surface area contributed by atoms with Crippen LogP contribution in [0.2, 0.25) is 0 Å². The molecule has 0 radical (unpaired) electrons. The Balaban J connectivity index is 2.60. The van der Waals surface area contributed by atoms with Crippen molar-refractivity contribution in [3.05, 3.63) is 0 Å². The molecule has 0 unspecified atom stereocenters. The van der Waals surface area contributed by atoms with Gasteiger partial charge in [-0.15, -0.1) is 0 Å². The van der Waals surface area contributed by atoms with E-state index < -0.39 is 0 Å². The molecule has 0 saturated carbocycles. The Morgan fingerprint density at radius 2 is 1.78 bits per heavy atom. The van der Waals surface area contributed by atoms with Crippen LogP contribution in [0, 0.1) is 0 Å². The van der Waals surface area contributed by atoms with Gasteiger partial charge in [0.1, 0.15) is 0 Å². The second-order valence-electron chi connectivity index (χ2n) is 1.95. The molecule has 0 aliphatic heterocycles. The van der Waals surface area contributed by atoms with Crippen molar-refractivity contribution < 1.29 is 5.11 Å². The van der Waals surface area contributed by atoms with Gasteiger partial charge >= 0.3 is 0 Å². The van der Waals surface area contributed by atoms with Crippen molar-refractivity contribution >= 4 is 25.0 Å². The fourth-order valence-corrected chi connectivity index (χ4v) is 1.62. The van der Waals surface area contributed by atoms with E-state index in [1.54, 1.807) is 10.2 Å². The van der Waals surface area contributed by atoms with Crippen LogP contribution in [0.4, 0.5) is 0 Å². The Morgan fingerprint density at radius 1 is 1.11 bits per heavy atom. The maximum atomic E-state index is 8.41. The van der Waals surface area contributed by atoms with Crippen LogP contribution in [-0.4, -0.2) is 17.5 Å². The number of halogens is 1. The molecular formula is C6H13BrOS. The van der Waals surface area contributed by atoms with Crippen molar-refractivity contribution in [2.75, 3.05) is 12.4 Å². The quantitative estimate of drug-likeness (QED) is 0.684. The summed E-state index contributed by atoms with van der Waals surface area (Å²) in [7, 11) is 1.71. The maximum absolute atomic E-state index is 8.41. The summed E-state index contributed by atoms with van der Waals surface area (Å²) in [4.78, 5) is 0. The number of aliphatic hydroxyl groups excluding tert-OH is 1. The van der Waals surface area contributed by atoms with Crippen molar-refractivity contribution in [1.29, 1.82) is 0 Å². The minimum absolute atomic E-state index is 0.349. The lowest BCUT2D eigenvalue weighted by Crippen LogP contribution is -1.83. The van der Waals surface area contributed by atoms with Crippen LogP contribution in [0.5, 0.6) is 0 Å². The molecule has 56 valence electrons. The molecule has 0 aromatic carbocycles. The molecule has 0 aliphatic rings. The molecule has 1 nitrogen and oxygen atoms in total. The van der Waals surface area contributed by atoms with Crippen LogP contribution in [0.3, 0.4) is 0 Å². The largest absolute Gasteiger partial charge is 0.396 e. The molecule has 0 saturated heterocycles. The lowest BCUT2D eigenvalue weighted by atomic mass is 10.2. The molecule has 0 aliphatic carbocycles. The van der Waals surface area contributed by atoms with Crippen LogP contribution in [0.1, 0.15) is 25.7 Å². The minimum atomic E-state index is 0.349. The molecule has 0 fully saturated rings. The normalized spacial score (nSPS) is 10.0. The summed E-state index contributed by atoms with van der Waals surface area (Å²) in [5.41, 5.74) is 0. The highest BCUT2D eigenvalue weighted by atomic mass is 79.9. The van der Waals surface area contributed by atoms with Gasteiger partial charge in [-0.25, -0.2) is 0 Å². The smallest absolute Gasteiger partial charge is 0.0431 e. The summed E-state index contributed by atoms with van der Waals surface area (Å²) in [6, 6.07) is 0. The van der Waals surface area contributed by atoms with E-state index in [0.717, 1.165) is 6.42 Å². The van der Waals surface area contributed by atoms with Gasteiger partial charge in [-0.2, -0.15) is 0 Å². The van der Waals surface area contributed by atoms with Crippen molar-refractivity contribution in [3.63, 3.8) is 0 Å². The van der Waals surface area contributed by atoms with Crippen LogP contribution in [0.15, 0.2) is 0 Å². The second kappa shape index (κ2) is 8.79. The molecule has 3 heteroatoms. The van der Waals surface area contributed by atoms with Crippen LogP contribution in [0.25, 0.3) is 0 Å². The first-order chi connectivity index (χ1) is 4.41. The molecule has 0 amide bonds. The van der Waals surface area contributed by atoms with Gasteiger partial charge in [0, 0.05) is 12.4 Å². The van der Waals surface area contributed by atoms with E-state index in [-0.39, 0.29) is 0 Å². The molecule has 0 aromatic rings. The third-order valence-corrected chi connectivity index (χ3v) is 2.54. The Labute approximate surface area is 68.4 Å². The lowest BCUT2D eigenvalue weighted by molar-refractivity contribution is 0.283. The summed E-state index contributed by atoms with van der Waals surface area (Å²) < 4.78 is 0. The number of hydrogen-bond acceptors (Lipinski definition) is 2. The summed E-state index contributed by atoms with van der Waals surface area (Å²) in [5, 5.41) is 8.41. The predicted octanol–water partition coefficient (Wildman–Crippen LogP) is 2.58. The molecule has 1 N–H and O–H groups in total. The first kappa shape index (κ1) is 9.79. The van der Waals surface area contributed by atoms with E-state index in [2.05, 4.69) is 14.8 Å². The van der Waals surface area contributed by atoms with Gasteiger partial charge in [-0.1, -0.05) is 23.0 Å². The molecule has 0 rings (SSSR count). The van der Waals surface area contributed by atoms with E-state index in [1.807, 2.05) is 0 Å². The van der Waals surface area contributed by atoms with Gasteiger partial charge in [0.15, 0.2) is 0 Å². The van der Waals surface area contributed by atoms with Crippen molar-refractivity contribution in [2.24, 2.45) is 0 Å². The van der Waals surface area contributed by atoms with Crippen molar-refractivity contribution in [3.8, 4) is 0 Å². The predicted molar refractivity (Wildman–Crippen MR) is 46.9 cm³/mol. The van der Waals surface area contributed by atoms with Gasteiger partial charge < -0.3 is 5.11 Å². The van der Waals surface area contributed by atoms with Crippen LogP contribution in [-0.2, 0) is 0 Å². The molecule has 9 heavy (non-hydrogen) atoms. The van der Waals surface area contributed by atoms with Gasteiger partial charge in [-0.05, 0) is 27.7 Å². The molecule has 0 bridgehead atoms. The zero-order valence-corrected chi connectivity index (χ0v) is 7.88. The van der Waals surface area contributed by atoms with Gasteiger partial charge in [0.2, 0.25) is 0 Å². The van der Waals surface area contributed by atoms with Crippen molar-refractivity contribution in [1.82, 2.24) is 0 Å². The molecule has 0 atom stereocenters. The standard InChI is InChI=1S/C6H13BrOS/c7-9-6-4-2-1-3-5-8/h8H,1-6H2. The van der Waals surface area contributed by atoms with E-state index >= 15 is 0 Å². The van der Waals surface area contributed by atoms with E-state index in [1.165, 1.54) is 25.0 Å². The fraction of sp³-hybridized carbons (Fsp3) is 1.00. The Hall–Kier alpha value is 0.790. The van der Waals surface area contributed by atoms with E-state index in [0.29, 0.717) is 6.61 Å². The minimum Gasteiger partial charge on any atom is -0.396 e. The number of unbranched alkanes of at least 4 members (excludes halogenated alkanes) is 3. The average molecular weight is 213 g/mol. The van der Waals surface area contributed by atoms with E-state index in [4.69, 9.17) is 5.11 Å². The molecular weight excluding hydrogens is 200 g/mol. The zero-order chi connectivity index (χ0) is 6.95. The van der Waals surface area contributed by atoms with E-state index in [9.17, 15) is 0 Å². The van der Waals surface area contributed by atoms with Crippen LogP contribution >= 0.6 is 25.0 Å². The third kappa shape index (κ3) is 8.79.